The van der Waals surface area contributed by atoms with Crippen molar-refractivity contribution in [2.24, 2.45) is 0 Å². The van der Waals surface area contributed by atoms with Gasteiger partial charge in [-0.3, -0.25) is 87.9 Å². The van der Waals surface area contributed by atoms with E-state index < -0.39 is 76.4 Å². The lowest BCUT2D eigenvalue weighted by atomic mass is 9.99. The van der Waals surface area contributed by atoms with Gasteiger partial charge in [0.25, 0.3) is 17.7 Å². The second-order valence-corrected chi connectivity index (χ2v) is 26.3. The minimum absolute atomic E-state index is 0.0320. The molecular weight excluding hydrogens is 1280 g/mol. The van der Waals surface area contributed by atoms with Crippen LogP contribution in [0.2, 0.25) is 0 Å². The van der Waals surface area contributed by atoms with Crippen molar-refractivity contribution in [1.82, 2.24) is 30.7 Å². The molecule has 3 atom stereocenters. The Hall–Kier alpha value is -10.2. The molecule has 0 bridgehead atoms. The van der Waals surface area contributed by atoms with Crippen LogP contribution in [0.1, 0.15) is 157 Å². The third-order valence-electron chi connectivity index (χ3n) is 17.3. The van der Waals surface area contributed by atoms with Gasteiger partial charge in [-0.2, -0.15) is 0 Å². The number of amides is 9. The Morgan fingerprint density at radius 2 is 0.726 bits per heavy atom. The van der Waals surface area contributed by atoms with Crippen LogP contribution in [0.5, 0.6) is 0 Å². The molecule has 13 rings (SSSR count). The van der Waals surface area contributed by atoms with Gasteiger partial charge in [-0.25, -0.2) is 4.39 Å². The molecule has 484 valence electrons. The molecule has 25 heteroatoms. The Kier molecular flexibility index (Phi) is 19.9. The van der Waals surface area contributed by atoms with Crippen LogP contribution in [0, 0.1) is 12.7 Å². The van der Waals surface area contributed by atoms with Gasteiger partial charge in [0.15, 0.2) is 0 Å². The van der Waals surface area contributed by atoms with Crippen molar-refractivity contribution < 1.29 is 76.3 Å². The zero-order valence-electron chi connectivity index (χ0n) is 51.0. The number of carbonyl (C=O) groups excluding carboxylic acids is 15. The summed E-state index contributed by atoms with van der Waals surface area (Å²) in [4.78, 5) is 190. The van der Waals surface area contributed by atoms with E-state index in [0.717, 1.165) is 60.1 Å². The second-order valence-electron chi connectivity index (χ2n) is 23.4. The number of Topliss-reactive ketones (excluding diaryl/α,β-unsaturated/α-hetero) is 6. The number of halogens is 1. The van der Waals surface area contributed by atoms with Gasteiger partial charge in [-0.15, -0.1) is 34.0 Å². The van der Waals surface area contributed by atoms with Crippen LogP contribution in [-0.2, 0) is 82.0 Å². The van der Waals surface area contributed by atoms with Crippen molar-refractivity contribution in [3.63, 3.8) is 0 Å². The number of aryl methyl sites for hydroxylation is 4. The largest absolute Gasteiger partial charge is 0.322 e. The van der Waals surface area contributed by atoms with E-state index in [1.807, 2.05) is 49.4 Å². The average Bonchev–Trinajstić information content (AvgIpc) is 1.65. The van der Waals surface area contributed by atoms with Gasteiger partial charge >= 0.3 is 0 Å². The molecular formula is C70H59FN6O15S3. The number of thiophene rings is 3. The third kappa shape index (κ3) is 14.5. The molecule has 3 unspecified atom stereocenters. The summed E-state index contributed by atoms with van der Waals surface area (Å²) in [6.07, 6.45) is 2.56. The fourth-order valence-electron chi connectivity index (χ4n) is 12.1. The highest BCUT2D eigenvalue weighted by molar-refractivity contribution is 7.11. The number of carbonyl (C=O) groups is 15. The number of benzene rings is 4. The molecule has 3 fully saturated rings. The van der Waals surface area contributed by atoms with E-state index in [1.165, 1.54) is 60.8 Å². The highest BCUT2D eigenvalue weighted by Gasteiger charge is 2.44. The zero-order chi connectivity index (χ0) is 67.4. The van der Waals surface area contributed by atoms with E-state index in [2.05, 4.69) is 16.0 Å². The molecule has 0 saturated carbocycles. The lowest BCUT2D eigenvalue weighted by Crippen LogP contribution is -2.52. The summed E-state index contributed by atoms with van der Waals surface area (Å²) in [6, 6.07) is 26.4. The first-order valence-corrected chi connectivity index (χ1v) is 33.2. The maximum absolute atomic E-state index is 13.0. The van der Waals surface area contributed by atoms with E-state index in [-0.39, 0.29) is 106 Å². The van der Waals surface area contributed by atoms with E-state index in [4.69, 9.17) is 0 Å². The van der Waals surface area contributed by atoms with Crippen LogP contribution in [0.4, 0.5) is 4.39 Å². The Labute approximate surface area is 554 Å². The molecule has 3 aromatic heterocycles. The maximum Gasteiger partial charge on any atom is 0.256 e. The van der Waals surface area contributed by atoms with Gasteiger partial charge in [0, 0.05) is 106 Å². The SMILES string of the molecule is Cc1ccc(C(=O)C(=O)CCc2scc3c2CN(C2CCC(=O)NC2=O)C3=O)cc1.O=C1CCC(N2Cc3c(csc3CCC(=O)C(=O)c3ccc(-c4ccccc4)cc3)C2=O)C(=O)N1.O=C1CCC(N2Cc3c(csc3CCC(=O)C(=O)c3ccc(F)cc3)C2=O)C(=O)N1. The van der Waals surface area contributed by atoms with Gasteiger partial charge in [-0.1, -0.05) is 84.4 Å². The zero-order valence-corrected chi connectivity index (χ0v) is 53.4. The number of hydrogen-bond donors (Lipinski definition) is 3. The standard InChI is InChI=1S/C27H22N2O5S.C22H20N2O5S.C21H17FN2O5S/c30-22(25(32)18-8-6-17(7-9-18)16-4-2-1-3-5-16)11-12-23-19-14-29(27(34)20(19)15-35-23)21-10-13-24(31)28-26(21)33;1-12-2-4-13(5-3-12)20(27)17(25)7-8-18-14-10-24(22(29)15(14)11-30-18)16-6-9-19(26)23-21(16)28;22-12-3-1-11(2-4-12)19(27)16(25)6-7-17-13-9-24(21(29)14(13)10-30-17)15-5-8-18(26)23-20(15)28/h1-9,15,21H,10-14H2,(H,28,31,33);2-5,11,16H,6-10H2,1H3,(H,23,26,28);1-4,10,15H,5-9H2,(H,23,26,28). The number of piperidine rings is 3. The molecule has 7 aromatic rings. The fraction of sp³-hybridized carbons (Fsp3) is 0.271. The summed E-state index contributed by atoms with van der Waals surface area (Å²) in [5, 5.41) is 12.0. The average molecular weight is 1340 g/mol. The number of rotatable bonds is 19. The molecule has 21 nitrogen and oxygen atoms in total. The maximum atomic E-state index is 13.0. The first kappa shape index (κ1) is 66.2. The predicted octanol–water partition coefficient (Wildman–Crippen LogP) is 7.80. The second kappa shape index (κ2) is 28.5. The third-order valence-corrected chi connectivity index (χ3v) is 20.6. The van der Waals surface area contributed by atoms with Gasteiger partial charge in [-0.05, 0) is 97.5 Å². The molecule has 6 aliphatic rings. The normalized spacial score (nSPS) is 18.0. The number of imide groups is 3. The van der Waals surface area contributed by atoms with Crippen LogP contribution in [-0.4, -0.2) is 121 Å². The minimum Gasteiger partial charge on any atom is -0.322 e. The summed E-state index contributed by atoms with van der Waals surface area (Å²) < 4.78 is 13.0. The molecule has 95 heavy (non-hydrogen) atoms. The van der Waals surface area contributed by atoms with Crippen molar-refractivity contribution in [1.29, 1.82) is 0 Å². The molecule has 3 saturated heterocycles. The number of hydrogen-bond acceptors (Lipinski definition) is 18. The van der Waals surface area contributed by atoms with E-state index in [9.17, 15) is 76.3 Å². The van der Waals surface area contributed by atoms with E-state index >= 15 is 0 Å². The first-order valence-electron chi connectivity index (χ1n) is 30.5. The summed E-state index contributed by atoms with van der Waals surface area (Å²) in [5.41, 5.74) is 7.82. The Balaban J connectivity index is 0.000000146. The Morgan fingerprint density at radius 1 is 0.421 bits per heavy atom. The first-order chi connectivity index (χ1) is 45.6. The van der Waals surface area contributed by atoms with Crippen molar-refractivity contribution in [2.75, 3.05) is 0 Å². The number of fused-ring (bicyclic) bond motifs is 3. The van der Waals surface area contributed by atoms with Gasteiger partial charge in [0.2, 0.25) is 70.1 Å². The van der Waals surface area contributed by atoms with Gasteiger partial charge < -0.3 is 14.7 Å². The molecule has 0 radical (unpaired) electrons. The Morgan fingerprint density at radius 3 is 1.05 bits per heavy atom. The summed E-state index contributed by atoms with van der Waals surface area (Å²) in [7, 11) is 0. The summed E-state index contributed by atoms with van der Waals surface area (Å²) in [6.45, 7) is 2.69. The number of ketones is 6. The highest BCUT2D eigenvalue weighted by Crippen LogP contribution is 2.38. The van der Waals surface area contributed by atoms with Crippen molar-refractivity contribution in [3.8, 4) is 11.1 Å². The molecule has 4 aromatic carbocycles. The van der Waals surface area contributed by atoms with Gasteiger partial charge in [0.1, 0.15) is 23.9 Å². The topological polar surface area (TPSA) is 302 Å². The number of nitrogens with zero attached hydrogens (tertiary/aromatic N) is 3. The molecule has 9 amide bonds. The van der Waals surface area contributed by atoms with Crippen molar-refractivity contribution >= 4 is 122 Å². The molecule has 0 aliphatic carbocycles. The van der Waals surface area contributed by atoms with Crippen LogP contribution in [0.25, 0.3) is 11.1 Å². The smallest absolute Gasteiger partial charge is 0.256 e. The minimum atomic E-state index is -0.692. The molecule has 3 N–H and O–H groups in total. The quantitative estimate of drug-likeness (QED) is 0.0395. The number of nitrogens with one attached hydrogen (secondary N) is 3. The van der Waals surface area contributed by atoms with Crippen LogP contribution in [0.3, 0.4) is 0 Å². The molecule has 9 heterocycles. The predicted molar refractivity (Wildman–Crippen MR) is 344 cm³/mol. The molecule has 0 spiro atoms. The monoisotopic (exact) mass is 1340 g/mol. The highest BCUT2D eigenvalue weighted by atomic mass is 32.1. The molecule has 6 aliphatic heterocycles. The lowest BCUT2D eigenvalue weighted by molar-refractivity contribution is -0.138. The van der Waals surface area contributed by atoms with Crippen molar-refractivity contribution in [2.45, 2.75) is 122 Å². The van der Waals surface area contributed by atoms with Crippen LogP contribution >= 0.6 is 34.0 Å². The van der Waals surface area contributed by atoms with Gasteiger partial charge in [0.05, 0.1) is 16.7 Å². The summed E-state index contributed by atoms with van der Waals surface area (Å²) >= 11 is 4.12. The van der Waals surface area contributed by atoms with Crippen molar-refractivity contribution in [3.05, 3.63) is 195 Å². The van der Waals surface area contributed by atoms with E-state index in [1.54, 1.807) is 52.5 Å². The van der Waals surface area contributed by atoms with Crippen LogP contribution < -0.4 is 16.0 Å². The van der Waals surface area contributed by atoms with Crippen LogP contribution in [0.15, 0.2) is 119 Å². The fourth-order valence-corrected chi connectivity index (χ4v) is 15.2. The lowest BCUT2D eigenvalue weighted by Gasteiger charge is -2.29. The Bertz CT molecular complexity index is 4190. The summed E-state index contributed by atoms with van der Waals surface area (Å²) in [5.74, 6) is -6.85. The van der Waals surface area contributed by atoms with E-state index in [0.29, 0.717) is 59.9 Å².